The summed E-state index contributed by atoms with van der Waals surface area (Å²) in [4.78, 5) is 12.8. The summed E-state index contributed by atoms with van der Waals surface area (Å²) in [6.07, 6.45) is 1.79. The quantitative estimate of drug-likeness (QED) is 0.308. The molecule has 2 unspecified atom stereocenters. The van der Waals surface area contributed by atoms with Crippen LogP contribution in [0.15, 0.2) is 48.5 Å². The largest absolute Gasteiger partial charge is 0.494 e. The molecule has 1 aromatic heterocycles. The molecule has 0 spiro atoms. The third-order valence-electron chi connectivity index (χ3n) is 8.08. The maximum Gasteiger partial charge on any atom is 0.385 e. The van der Waals surface area contributed by atoms with Crippen LogP contribution in [0.2, 0.25) is 0 Å². The Morgan fingerprint density at radius 1 is 1.05 bits per heavy atom. The molecule has 3 aliphatic rings. The Morgan fingerprint density at radius 3 is 2.71 bits per heavy atom. The van der Waals surface area contributed by atoms with Crippen molar-refractivity contribution in [1.29, 1.82) is 0 Å². The Morgan fingerprint density at radius 2 is 1.88 bits per heavy atom. The van der Waals surface area contributed by atoms with Crippen LogP contribution in [0.1, 0.15) is 65.5 Å². The van der Waals surface area contributed by atoms with Crippen molar-refractivity contribution in [1.82, 2.24) is 19.3 Å². The zero-order valence-electron chi connectivity index (χ0n) is 24.0. The lowest BCUT2D eigenvalue weighted by Crippen LogP contribution is -2.37. The predicted octanol–water partition coefficient (Wildman–Crippen LogP) is 4.95. The second kappa shape index (κ2) is 11.4. The van der Waals surface area contributed by atoms with Crippen LogP contribution in [0.5, 0.6) is 11.5 Å². The minimum atomic E-state index is -4.01. The first-order valence-electron chi connectivity index (χ1n) is 14.3. The van der Waals surface area contributed by atoms with Crippen LogP contribution in [0.25, 0.3) is 11.0 Å². The minimum absolute atomic E-state index is 0.116. The number of ether oxygens (including phenoxy) is 2. The van der Waals surface area contributed by atoms with E-state index in [-0.39, 0.29) is 38.0 Å². The number of carbonyl (C=O) groups is 1. The lowest BCUT2D eigenvalue weighted by molar-refractivity contribution is -0.143. The maximum absolute atomic E-state index is 13.2. The van der Waals surface area contributed by atoms with E-state index in [1.54, 1.807) is 19.1 Å². The van der Waals surface area contributed by atoms with E-state index in [0.29, 0.717) is 24.7 Å². The molecule has 10 nitrogen and oxygen atoms in total. The molecule has 0 saturated heterocycles. The first-order valence-corrected chi connectivity index (χ1v) is 15.6. The molecule has 11 heteroatoms. The number of esters is 1. The van der Waals surface area contributed by atoms with Crippen molar-refractivity contribution in [2.45, 2.75) is 65.6 Å². The third-order valence-corrected chi connectivity index (χ3v) is 9.36. The second-order valence-corrected chi connectivity index (χ2v) is 12.4. The van der Waals surface area contributed by atoms with Crippen LogP contribution in [-0.2, 0) is 39.5 Å². The summed E-state index contributed by atoms with van der Waals surface area (Å²) in [5.74, 6) is 0.358. The number of aromatic nitrogens is 3. The van der Waals surface area contributed by atoms with E-state index in [2.05, 4.69) is 10.3 Å². The van der Waals surface area contributed by atoms with Crippen LogP contribution < -0.4 is 8.92 Å². The zero-order valence-corrected chi connectivity index (χ0v) is 24.8. The van der Waals surface area contributed by atoms with Crippen LogP contribution in [0.3, 0.4) is 0 Å². The van der Waals surface area contributed by atoms with Gasteiger partial charge in [-0.15, -0.1) is 5.10 Å². The number of aryl methyl sites for hydroxylation is 3. The van der Waals surface area contributed by atoms with Crippen LogP contribution >= 0.6 is 0 Å². The van der Waals surface area contributed by atoms with E-state index in [1.807, 2.05) is 54.9 Å². The summed E-state index contributed by atoms with van der Waals surface area (Å²) in [6.45, 7) is 7.52. The standard InChI is InChI=1S/C31H34N4O6S/c1-4-39-30(36)17-27-22-8-7-20(2)23(15-22)18-34-19-24-16-25(9-12-29(24)41-42(34,37)38)40-14-6-5-13-35-28-11-10-26(27)21(3)31(28)32-33-35/h7-12,15-16,27H,4-6,13-14,17-19H2,1-3H3. The van der Waals surface area contributed by atoms with Gasteiger partial charge < -0.3 is 13.7 Å². The van der Waals surface area contributed by atoms with Gasteiger partial charge in [0.15, 0.2) is 0 Å². The number of rotatable bonds is 3. The highest BCUT2D eigenvalue weighted by Crippen LogP contribution is 2.37. The summed E-state index contributed by atoms with van der Waals surface area (Å²) < 4.78 is 46.4. The smallest absolute Gasteiger partial charge is 0.385 e. The molecule has 4 aromatic rings. The topological polar surface area (TPSA) is 113 Å². The van der Waals surface area contributed by atoms with Gasteiger partial charge in [0.1, 0.15) is 17.0 Å². The molecule has 42 heavy (non-hydrogen) atoms. The Balaban J connectivity index is 1.47. The van der Waals surface area contributed by atoms with Gasteiger partial charge in [-0.2, -0.15) is 12.7 Å². The number of benzene rings is 3. The molecule has 0 aliphatic carbocycles. The lowest BCUT2D eigenvalue weighted by Gasteiger charge is -2.29. The number of carbonyl (C=O) groups excluding carboxylic acids is 1. The summed E-state index contributed by atoms with van der Waals surface area (Å²) >= 11 is 0. The van der Waals surface area contributed by atoms with E-state index < -0.39 is 10.3 Å². The van der Waals surface area contributed by atoms with Gasteiger partial charge in [0.25, 0.3) is 0 Å². The van der Waals surface area contributed by atoms with Crippen molar-refractivity contribution in [3.05, 3.63) is 81.9 Å². The van der Waals surface area contributed by atoms with Gasteiger partial charge in [0, 0.05) is 31.1 Å². The minimum Gasteiger partial charge on any atom is -0.494 e. The molecule has 9 bridgehead atoms. The summed E-state index contributed by atoms with van der Waals surface area (Å²) in [5, 5.41) is 8.94. The van der Waals surface area contributed by atoms with Gasteiger partial charge >= 0.3 is 16.3 Å². The molecule has 0 amide bonds. The Bertz CT molecular complexity index is 1770. The number of fused-ring (bicyclic) bond motifs is 5. The van der Waals surface area contributed by atoms with Crippen LogP contribution in [-0.4, -0.2) is 46.9 Å². The molecular weight excluding hydrogens is 556 g/mol. The van der Waals surface area contributed by atoms with E-state index in [0.717, 1.165) is 57.3 Å². The molecule has 3 aromatic carbocycles. The number of nitrogens with zero attached hydrogens (tertiary/aromatic N) is 4. The second-order valence-electron chi connectivity index (χ2n) is 10.8. The van der Waals surface area contributed by atoms with Crippen molar-refractivity contribution < 1.29 is 26.9 Å². The molecule has 220 valence electrons. The molecule has 0 fully saturated rings. The Kier molecular flexibility index (Phi) is 7.63. The fraction of sp³-hybridized carbons (Fsp3) is 0.387. The first kappa shape index (κ1) is 28.2. The molecular formula is C31H34N4O6S. The first-order chi connectivity index (χ1) is 20.2. The molecule has 4 heterocycles. The fourth-order valence-corrected chi connectivity index (χ4v) is 6.85. The molecule has 0 radical (unpaired) electrons. The third kappa shape index (κ3) is 5.46. The average Bonchev–Trinajstić information content (AvgIpc) is 3.37. The summed E-state index contributed by atoms with van der Waals surface area (Å²) in [7, 11) is -4.01. The van der Waals surface area contributed by atoms with E-state index in [4.69, 9.17) is 13.7 Å². The Labute approximate surface area is 245 Å². The highest BCUT2D eigenvalue weighted by Gasteiger charge is 2.33. The van der Waals surface area contributed by atoms with Gasteiger partial charge in [-0.1, -0.05) is 29.5 Å². The van der Waals surface area contributed by atoms with Gasteiger partial charge in [-0.05, 0) is 85.7 Å². The van der Waals surface area contributed by atoms with E-state index >= 15 is 0 Å². The monoisotopic (exact) mass is 590 g/mol. The predicted molar refractivity (Wildman–Crippen MR) is 157 cm³/mol. The molecule has 3 aliphatic heterocycles. The van der Waals surface area contributed by atoms with E-state index in [1.165, 1.54) is 4.31 Å². The van der Waals surface area contributed by atoms with Gasteiger partial charge in [0.2, 0.25) is 0 Å². The van der Waals surface area contributed by atoms with Gasteiger partial charge in [-0.25, -0.2) is 4.68 Å². The highest BCUT2D eigenvalue weighted by atomic mass is 32.2. The summed E-state index contributed by atoms with van der Waals surface area (Å²) in [5.41, 5.74) is 7.02. The van der Waals surface area contributed by atoms with E-state index in [9.17, 15) is 13.2 Å². The van der Waals surface area contributed by atoms with Crippen molar-refractivity contribution in [2.24, 2.45) is 0 Å². The number of hydrogen-bond acceptors (Lipinski definition) is 8. The normalized spacial score (nSPS) is 19.8. The SMILES string of the molecule is CCOC(=O)CC1c2ccc(C)c(c2)CN2Cc3cc(ccc3OS2(=O)=O)OCCCCn2nnc3c(C)c1ccc32. The average molecular weight is 591 g/mol. The zero-order chi connectivity index (χ0) is 29.4. The van der Waals surface area contributed by atoms with Crippen molar-refractivity contribution >= 4 is 27.3 Å². The molecule has 2 atom stereocenters. The lowest BCUT2D eigenvalue weighted by atomic mass is 9.84. The molecule has 7 rings (SSSR count). The summed E-state index contributed by atoms with van der Waals surface area (Å²) in [6, 6.07) is 15.2. The molecule has 0 saturated carbocycles. The van der Waals surface area contributed by atoms with Crippen LogP contribution in [0.4, 0.5) is 0 Å². The fourth-order valence-electron chi connectivity index (χ4n) is 5.76. The van der Waals surface area contributed by atoms with Crippen molar-refractivity contribution in [3.63, 3.8) is 0 Å². The van der Waals surface area contributed by atoms with Gasteiger partial charge in [-0.3, -0.25) is 4.79 Å². The maximum atomic E-state index is 13.2. The van der Waals surface area contributed by atoms with Gasteiger partial charge in [0.05, 0.1) is 25.2 Å². The van der Waals surface area contributed by atoms with Crippen molar-refractivity contribution in [2.75, 3.05) is 13.2 Å². The Hall–Kier alpha value is -3.96. The van der Waals surface area contributed by atoms with Crippen molar-refractivity contribution in [3.8, 4) is 11.5 Å². The number of hydrogen-bond donors (Lipinski definition) is 0. The highest BCUT2D eigenvalue weighted by molar-refractivity contribution is 7.84. The molecule has 0 N–H and O–H groups in total. The van der Waals surface area contributed by atoms with Crippen LogP contribution in [0, 0.1) is 13.8 Å².